The van der Waals surface area contributed by atoms with Crippen molar-refractivity contribution in [1.82, 2.24) is 9.78 Å². The molecule has 4 heteroatoms. The molecule has 3 nitrogen and oxygen atoms in total. The Bertz CT molecular complexity index is 587. The van der Waals surface area contributed by atoms with Crippen molar-refractivity contribution in [2.75, 3.05) is 0 Å². The third-order valence-corrected chi connectivity index (χ3v) is 3.91. The van der Waals surface area contributed by atoms with E-state index < -0.39 is 0 Å². The fourth-order valence-electron chi connectivity index (χ4n) is 2.41. The van der Waals surface area contributed by atoms with Gasteiger partial charge >= 0.3 is 0 Å². The summed E-state index contributed by atoms with van der Waals surface area (Å²) in [5.74, 6) is 0. The minimum absolute atomic E-state index is 0.514. The fraction of sp³-hybridized carbons (Fsp3) is 0.400. The Morgan fingerprint density at radius 2 is 2.05 bits per heavy atom. The second-order valence-corrected chi connectivity index (χ2v) is 5.20. The van der Waals surface area contributed by atoms with Crippen LogP contribution in [0.15, 0.2) is 18.2 Å². The van der Waals surface area contributed by atoms with Gasteiger partial charge in [-0.15, -0.1) is 0 Å². The van der Waals surface area contributed by atoms with E-state index in [1.807, 2.05) is 22.9 Å². The van der Waals surface area contributed by atoms with Crippen LogP contribution < -0.4 is 5.73 Å². The number of nitrogens with zero attached hydrogens (tertiary/aromatic N) is 2. The zero-order valence-electron chi connectivity index (χ0n) is 11.7. The molecule has 1 heterocycles. The first-order chi connectivity index (χ1) is 9.06. The molecule has 102 valence electrons. The molecule has 0 bridgehead atoms. The summed E-state index contributed by atoms with van der Waals surface area (Å²) in [6.07, 6.45) is 1.01. The van der Waals surface area contributed by atoms with Crippen LogP contribution in [0.2, 0.25) is 5.02 Å². The van der Waals surface area contributed by atoms with Crippen molar-refractivity contribution >= 4 is 11.6 Å². The smallest absolute Gasteiger partial charge is 0.0677 e. The maximum Gasteiger partial charge on any atom is 0.0677 e. The molecule has 1 aromatic heterocycles. The van der Waals surface area contributed by atoms with Crippen molar-refractivity contribution in [3.8, 4) is 0 Å². The Hall–Kier alpha value is -1.32. The van der Waals surface area contributed by atoms with E-state index in [9.17, 15) is 0 Å². The third-order valence-electron chi connectivity index (χ3n) is 3.56. The van der Waals surface area contributed by atoms with E-state index in [-0.39, 0.29) is 0 Å². The summed E-state index contributed by atoms with van der Waals surface area (Å²) < 4.78 is 2.03. The predicted octanol–water partition coefficient (Wildman–Crippen LogP) is 3.22. The topological polar surface area (TPSA) is 43.8 Å². The van der Waals surface area contributed by atoms with Gasteiger partial charge in [-0.1, -0.05) is 30.7 Å². The van der Waals surface area contributed by atoms with Crippen molar-refractivity contribution in [1.29, 1.82) is 0 Å². The van der Waals surface area contributed by atoms with Crippen LogP contribution in [0.1, 0.15) is 35.0 Å². The van der Waals surface area contributed by atoms with Crippen molar-refractivity contribution in [3.63, 3.8) is 0 Å². The molecule has 0 radical (unpaired) electrons. The summed E-state index contributed by atoms with van der Waals surface area (Å²) in [5, 5.41) is 5.35. The van der Waals surface area contributed by atoms with Gasteiger partial charge in [-0.3, -0.25) is 4.68 Å². The van der Waals surface area contributed by atoms with Crippen molar-refractivity contribution < 1.29 is 0 Å². The molecular weight excluding hydrogens is 258 g/mol. The van der Waals surface area contributed by atoms with Crippen LogP contribution >= 0.6 is 11.6 Å². The molecule has 0 unspecified atom stereocenters. The SMILES string of the molecule is CCc1c(C)nn(Cc2ccc(CN)cc2Cl)c1C. The van der Waals surface area contributed by atoms with Gasteiger partial charge in [0.25, 0.3) is 0 Å². The predicted molar refractivity (Wildman–Crippen MR) is 79.5 cm³/mol. The number of benzene rings is 1. The number of halogens is 1. The van der Waals surface area contributed by atoms with E-state index in [1.165, 1.54) is 11.3 Å². The van der Waals surface area contributed by atoms with Gasteiger partial charge in [0.15, 0.2) is 0 Å². The molecular formula is C15H20ClN3. The van der Waals surface area contributed by atoms with Crippen LogP contribution in [0, 0.1) is 13.8 Å². The van der Waals surface area contributed by atoms with Gasteiger partial charge in [-0.25, -0.2) is 0 Å². The zero-order valence-corrected chi connectivity index (χ0v) is 12.5. The second kappa shape index (κ2) is 5.76. The lowest BCUT2D eigenvalue weighted by Gasteiger charge is -2.08. The lowest BCUT2D eigenvalue weighted by atomic mass is 10.1. The van der Waals surface area contributed by atoms with Gasteiger partial charge in [-0.05, 0) is 43.0 Å². The minimum Gasteiger partial charge on any atom is -0.326 e. The van der Waals surface area contributed by atoms with Crippen LogP contribution in [-0.2, 0) is 19.5 Å². The first-order valence-electron chi connectivity index (χ1n) is 6.57. The Kier molecular flexibility index (Phi) is 4.27. The highest BCUT2D eigenvalue weighted by atomic mass is 35.5. The van der Waals surface area contributed by atoms with Crippen LogP contribution in [0.3, 0.4) is 0 Å². The monoisotopic (exact) mass is 277 g/mol. The number of hydrogen-bond donors (Lipinski definition) is 1. The van der Waals surface area contributed by atoms with Gasteiger partial charge in [0.05, 0.1) is 12.2 Å². The van der Waals surface area contributed by atoms with Gasteiger partial charge in [0, 0.05) is 17.3 Å². The molecule has 0 amide bonds. The zero-order chi connectivity index (χ0) is 14.0. The molecule has 0 aliphatic carbocycles. The summed E-state index contributed by atoms with van der Waals surface area (Å²) in [6.45, 7) is 7.54. The van der Waals surface area contributed by atoms with Crippen molar-refractivity contribution in [2.45, 2.75) is 40.3 Å². The lowest BCUT2D eigenvalue weighted by Crippen LogP contribution is -2.05. The Labute approximate surface area is 119 Å². The van der Waals surface area contributed by atoms with Crippen molar-refractivity contribution in [2.24, 2.45) is 5.73 Å². The Morgan fingerprint density at radius 1 is 1.32 bits per heavy atom. The number of hydrogen-bond acceptors (Lipinski definition) is 2. The number of nitrogens with two attached hydrogens (primary N) is 1. The largest absolute Gasteiger partial charge is 0.326 e. The Balaban J connectivity index is 2.31. The van der Waals surface area contributed by atoms with E-state index >= 15 is 0 Å². The normalized spacial score (nSPS) is 11.0. The molecule has 0 saturated carbocycles. The summed E-state index contributed by atoms with van der Waals surface area (Å²) in [4.78, 5) is 0. The molecule has 2 rings (SSSR count). The van der Waals surface area contributed by atoms with Crippen LogP contribution in [0.25, 0.3) is 0 Å². The van der Waals surface area contributed by atoms with E-state index in [1.54, 1.807) is 0 Å². The third kappa shape index (κ3) is 2.82. The molecule has 2 N–H and O–H groups in total. The fourth-order valence-corrected chi connectivity index (χ4v) is 2.67. The van der Waals surface area contributed by atoms with Gasteiger partial charge in [0.1, 0.15) is 0 Å². The van der Waals surface area contributed by atoms with Gasteiger partial charge in [0.2, 0.25) is 0 Å². The van der Waals surface area contributed by atoms with E-state index in [0.717, 1.165) is 28.3 Å². The minimum atomic E-state index is 0.514. The highest BCUT2D eigenvalue weighted by Crippen LogP contribution is 2.21. The van der Waals surface area contributed by atoms with E-state index in [0.29, 0.717) is 13.1 Å². The van der Waals surface area contributed by atoms with E-state index in [4.69, 9.17) is 17.3 Å². The van der Waals surface area contributed by atoms with Gasteiger partial charge < -0.3 is 5.73 Å². The molecule has 1 aromatic carbocycles. The average molecular weight is 278 g/mol. The van der Waals surface area contributed by atoms with E-state index in [2.05, 4.69) is 25.9 Å². The van der Waals surface area contributed by atoms with Crippen LogP contribution in [0.5, 0.6) is 0 Å². The number of aryl methyl sites for hydroxylation is 1. The summed E-state index contributed by atoms with van der Waals surface area (Å²) >= 11 is 6.29. The van der Waals surface area contributed by atoms with Crippen LogP contribution in [0.4, 0.5) is 0 Å². The average Bonchev–Trinajstić information content (AvgIpc) is 2.66. The molecule has 19 heavy (non-hydrogen) atoms. The maximum atomic E-state index is 6.29. The highest BCUT2D eigenvalue weighted by Gasteiger charge is 2.11. The first-order valence-corrected chi connectivity index (χ1v) is 6.94. The first kappa shape index (κ1) is 14.1. The molecule has 0 fully saturated rings. The molecule has 0 saturated heterocycles. The molecule has 0 spiro atoms. The lowest BCUT2D eigenvalue weighted by molar-refractivity contribution is 0.658. The molecule has 0 aliphatic rings. The Morgan fingerprint density at radius 3 is 2.58 bits per heavy atom. The van der Waals surface area contributed by atoms with Crippen LogP contribution in [-0.4, -0.2) is 9.78 Å². The molecule has 0 aliphatic heterocycles. The van der Waals surface area contributed by atoms with Crippen molar-refractivity contribution in [3.05, 3.63) is 51.3 Å². The standard InChI is InChI=1S/C15H20ClN3/c1-4-14-10(2)18-19(11(14)3)9-13-6-5-12(8-17)7-15(13)16/h5-7H,4,8-9,17H2,1-3H3. The summed E-state index contributed by atoms with van der Waals surface area (Å²) in [7, 11) is 0. The highest BCUT2D eigenvalue weighted by molar-refractivity contribution is 6.31. The number of rotatable bonds is 4. The maximum absolute atomic E-state index is 6.29. The summed E-state index contributed by atoms with van der Waals surface area (Å²) in [5.41, 5.74) is 11.4. The number of aromatic nitrogens is 2. The summed E-state index contributed by atoms with van der Waals surface area (Å²) in [6, 6.07) is 5.99. The molecule has 2 aromatic rings. The van der Waals surface area contributed by atoms with Gasteiger partial charge in [-0.2, -0.15) is 5.10 Å². The quantitative estimate of drug-likeness (QED) is 0.932. The second-order valence-electron chi connectivity index (χ2n) is 4.79. The molecule has 0 atom stereocenters.